The number of thiazole rings is 1. The number of aliphatic hydroxyl groups is 1. The zero-order valence-corrected chi connectivity index (χ0v) is 16.5. The molecule has 30 heavy (non-hydrogen) atoms. The van der Waals surface area contributed by atoms with Gasteiger partial charge in [0.1, 0.15) is 16.5 Å². The predicted molar refractivity (Wildman–Crippen MR) is 103 cm³/mol. The van der Waals surface area contributed by atoms with Crippen molar-refractivity contribution in [2.45, 2.75) is 25.7 Å². The molecule has 0 aliphatic carbocycles. The SMILES string of the molecule is Cc1cc(-c2ccc(C(F)(F)F)c(F)c2)[nH]c1C(=O)N[C@@H](CN)c1ncc(CO)s1. The van der Waals surface area contributed by atoms with Crippen LogP contribution in [0, 0.1) is 12.7 Å². The number of aromatic amines is 1. The van der Waals surface area contributed by atoms with E-state index in [1.807, 2.05) is 0 Å². The van der Waals surface area contributed by atoms with Gasteiger partial charge in [-0.3, -0.25) is 4.79 Å². The van der Waals surface area contributed by atoms with Crippen molar-refractivity contribution in [1.82, 2.24) is 15.3 Å². The molecule has 0 radical (unpaired) electrons. The highest BCUT2D eigenvalue weighted by Crippen LogP contribution is 2.33. The second-order valence-corrected chi connectivity index (χ2v) is 7.66. The summed E-state index contributed by atoms with van der Waals surface area (Å²) in [6.45, 7) is 1.53. The fraction of sp³-hybridized carbons (Fsp3) is 0.263. The monoisotopic (exact) mass is 442 g/mol. The third-order valence-corrected chi connectivity index (χ3v) is 5.49. The van der Waals surface area contributed by atoms with Crippen molar-refractivity contribution in [2.75, 3.05) is 6.54 Å². The Morgan fingerprint density at radius 2 is 2.10 bits per heavy atom. The number of alkyl halides is 3. The third-order valence-electron chi connectivity index (χ3n) is 4.39. The lowest BCUT2D eigenvalue weighted by atomic mass is 10.1. The normalized spacial score (nSPS) is 12.8. The predicted octanol–water partition coefficient (Wildman–Crippen LogP) is 3.53. The molecule has 5 N–H and O–H groups in total. The number of hydrogen-bond acceptors (Lipinski definition) is 5. The van der Waals surface area contributed by atoms with Gasteiger partial charge in [-0.15, -0.1) is 11.3 Å². The van der Waals surface area contributed by atoms with Gasteiger partial charge in [0.05, 0.1) is 23.1 Å². The Labute approximate surface area is 172 Å². The van der Waals surface area contributed by atoms with Gasteiger partial charge in [-0.2, -0.15) is 13.2 Å². The largest absolute Gasteiger partial charge is 0.419 e. The number of nitrogens with zero attached hydrogens (tertiary/aromatic N) is 1. The zero-order chi connectivity index (χ0) is 22.1. The first-order valence-electron chi connectivity index (χ1n) is 8.77. The van der Waals surface area contributed by atoms with Gasteiger partial charge in [0.25, 0.3) is 5.91 Å². The number of hydrogen-bond donors (Lipinski definition) is 4. The minimum Gasteiger partial charge on any atom is -0.391 e. The van der Waals surface area contributed by atoms with Gasteiger partial charge >= 0.3 is 6.18 Å². The molecule has 6 nitrogen and oxygen atoms in total. The average Bonchev–Trinajstić information content (AvgIpc) is 3.31. The molecule has 3 aromatic rings. The highest BCUT2D eigenvalue weighted by atomic mass is 32.1. The Balaban J connectivity index is 1.83. The van der Waals surface area contributed by atoms with E-state index in [1.165, 1.54) is 17.5 Å². The third kappa shape index (κ3) is 4.53. The number of halogens is 4. The van der Waals surface area contributed by atoms with Crippen molar-refractivity contribution < 1.29 is 27.5 Å². The molecule has 2 heterocycles. The maximum Gasteiger partial charge on any atom is 0.419 e. The summed E-state index contributed by atoms with van der Waals surface area (Å²) in [5.74, 6) is -1.90. The van der Waals surface area contributed by atoms with Crippen LogP contribution in [-0.4, -0.2) is 27.5 Å². The topological polar surface area (TPSA) is 104 Å². The quantitative estimate of drug-likeness (QED) is 0.439. The Kier molecular flexibility index (Phi) is 6.25. The van der Waals surface area contributed by atoms with Crippen molar-refractivity contribution in [1.29, 1.82) is 0 Å². The second-order valence-electron chi connectivity index (χ2n) is 6.52. The first-order valence-corrected chi connectivity index (χ1v) is 9.58. The summed E-state index contributed by atoms with van der Waals surface area (Å²) in [6.07, 6.45) is -3.30. The van der Waals surface area contributed by atoms with Crippen molar-refractivity contribution >= 4 is 17.2 Å². The molecule has 1 atom stereocenters. The van der Waals surface area contributed by atoms with Crippen LogP contribution in [0.3, 0.4) is 0 Å². The van der Waals surface area contributed by atoms with E-state index in [-0.39, 0.29) is 24.4 Å². The maximum absolute atomic E-state index is 13.9. The Morgan fingerprint density at radius 1 is 1.37 bits per heavy atom. The molecule has 0 spiro atoms. The van der Waals surface area contributed by atoms with Gasteiger partial charge in [0, 0.05) is 24.0 Å². The van der Waals surface area contributed by atoms with E-state index in [0.29, 0.717) is 27.2 Å². The molecule has 2 aromatic heterocycles. The molecule has 1 amide bonds. The van der Waals surface area contributed by atoms with Crippen LogP contribution in [-0.2, 0) is 12.8 Å². The summed E-state index contributed by atoms with van der Waals surface area (Å²) in [7, 11) is 0. The summed E-state index contributed by atoms with van der Waals surface area (Å²) in [6, 6.07) is 3.52. The summed E-state index contributed by atoms with van der Waals surface area (Å²) >= 11 is 1.21. The summed E-state index contributed by atoms with van der Waals surface area (Å²) < 4.78 is 52.1. The number of amides is 1. The van der Waals surface area contributed by atoms with Crippen LogP contribution in [0.4, 0.5) is 17.6 Å². The van der Waals surface area contributed by atoms with Crippen molar-refractivity contribution in [3.05, 3.63) is 63.0 Å². The molecule has 0 saturated heterocycles. The average molecular weight is 442 g/mol. The van der Waals surface area contributed by atoms with Gasteiger partial charge in [-0.05, 0) is 30.7 Å². The molecule has 1 aromatic carbocycles. The van der Waals surface area contributed by atoms with Gasteiger partial charge in [-0.1, -0.05) is 6.07 Å². The fourth-order valence-electron chi connectivity index (χ4n) is 2.87. The molecule has 160 valence electrons. The standard InChI is InChI=1S/C19H18F4N4O2S/c1-9-4-14(10-2-3-12(13(20)5-10)19(21,22)23)26-16(9)17(29)27-15(6-24)18-25-7-11(8-28)30-18/h2-5,7,15,26,28H,6,8,24H2,1H3,(H,27,29)/t15-/m0/s1. The van der Waals surface area contributed by atoms with E-state index < -0.39 is 29.5 Å². The lowest BCUT2D eigenvalue weighted by molar-refractivity contribution is -0.139. The lowest BCUT2D eigenvalue weighted by Gasteiger charge is -2.14. The number of rotatable bonds is 6. The molecule has 0 fully saturated rings. The molecule has 0 aliphatic rings. The van der Waals surface area contributed by atoms with Gasteiger partial charge < -0.3 is 21.1 Å². The van der Waals surface area contributed by atoms with E-state index in [9.17, 15) is 22.4 Å². The van der Waals surface area contributed by atoms with Gasteiger partial charge in [0.2, 0.25) is 0 Å². The number of carbonyl (C=O) groups excluding carboxylic acids is 1. The van der Waals surface area contributed by atoms with Crippen LogP contribution in [0.25, 0.3) is 11.3 Å². The van der Waals surface area contributed by atoms with Crippen molar-refractivity contribution in [3.8, 4) is 11.3 Å². The number of carbonyl (C=O) groups is 1. The fourth-order valence-corrected chi connectivity index (χ4v) is 3.71. The van der Waals surface area contributed by atoms with Gasteiger partial charge in [0.15, 0.2) is 0 Å². The van der Waals surface area contributed by atoms with Crippen LogP contribution in [0.1, 0.15) is 37.5 Å². The molecule has 0 saturated carbocycles. The molecule has 11 heteroatoms. The summed E-state index contributed by atoms with van der Waals surface area (Å²) in [5.41, 5.74) is 5.53. The first kappa shape index (κ1) is 21.9. The summed E-state index contributed by atoms with van der Waals surface area (Å²) in [5, 5.41) is 12.4. The minimum atomic E-state index is -4.79. The Bertz CT molecular complexity index is 1060. The van der Waals surface area contributed by atoms with Crippen molar-refractivity contribution in [3.63, 3.8) is 0 Å². The molecule has 3 rings (SSSR count). The van der Waals surface area contributed by atoms with E-state index in [4.69, 9.17) is 10.8 Å². The van der Waals surface area contributed by atoms with Crippen molar-refractivity contribution in [2.24, 2.45) is 5.73 Å². The van der Waals surface area contributed by atoms with E-state index >= 15 is 0 Å². The lowest BCUT2D eigenvalue weighted by Crippen LogP contribution is -2.33. The zero-order valence-electron chi connectivity index (χ0n) is 15.7. The number of aromatic nitrogens is 2. The number of aryl methyl sites for hydroxylation is 1. The minimum absolute atomic E-state index is 0.0703. The Morgan fingerprint density at radius 3 is 2.67 bits per heavy atom. The smallest absolute Gasteiger partial charge is 0.391 e. The van der Waals surface area contributed by atoms with Crippen LogP contribution in [0.5, 0.6) is 0 Å². The number of nitrogens with two attached hydrogens (primary N) is 1. The van der Waals surface area contributed by atoms with E-state index in [0.717, 1.165) is 12.1 Å². The molecule has 0 aliphatic heterocycles. The number of H-pyrrole nitrogens is 1. The highest BCUT2D eigenvalue weighted by Gasteiger charge is 2.34. The Hall–Kier alpha value is -2.76. The van der Waals surface area contributed by atoms with E-state index in [2.05, 4.69) is 15.3 Å². The maximum atomic E-state index is 13.9. The van der Waals surface area contributed by atoms with Crippen LogP contribution < -0.4 is 11.1 Å². The molecule has 0 unspecified atom stereocenters. The molecule has 0 bridgehead atoms. The number of aliphatic hydroxyl groups excluding tert-OH is 1. The first-order chi connectivity index (χ1) is 14.1. The molecular weight excluding hydrogens is 424 g/mol. The van der Waals surface area contributed by atoms with Gasteiger partial charge in [-0.25, -0.2) is 9.37 Å². The van der Waals surface area contributed by atoms with E-state index in [1.54, 1.807) is 13.0 Å². The number of nitrogens with one attached hydrogen (secondary N) is 2. The van der Waals surface area contributed by atoms with Crippen LogP contribution in [0.15, 0.2) is 30.5 Å². The van der Waals surface area contributed by atoms with Crippen LogP contribution >= 0.6 is 11.3 Å². The van der Waals surface area contributed by atoms with Crippen LogP contribution in [0.2, 0.25) is 0 Å². The summed E-state index contributed by atoms with van der Waals surface area (Å²) in [4.78, 5) is 20.3. The number of benzene rings is 1. The molecular formula is C19H18F4N4O2S. The second kappa shape index (κ2) is 8.54. The highest BCUT2D eigenvalue weighted by molar-refractivity contribution is 7.11.